The summed E-state index contributed by atoms with van der Waals surface area (Å²) in [5.41, 5.74) is 0. The van der Waals surface area contributed by atoms with Gasteiger partial charge in [-0.3, -0.25) is 37.3 Å². The van der Waals surface area contributed by atoms with E-state index in [1.807, 2.05) is 0 Å². The highest BCUT2D eigenvalue weighted by Crippen LogP contribution is 2.45. The van der Waals surface area contributed by atoms with E-state index in [4.69, 9.17) is 37.0 Å². The lowest BCUT2D eigenvalue weighted by Crippen LogP contribution is -2.30. The predicted molar refractivity (Wildman–Crippen MR) is 390 cm³/mol. The number of aliphatic hydroxyl groups excluding tert-OH is 1. The van der Waals surface area contributed by atoms with E-state index in [9.17, 15) is 43.2 Å². The van der Waals surface area contributed by atoms with Crippen molar-refractivity contribution < 1.29 is 80.2 Å². The molecule has 0 spiro atoms. The molecular formula is C77H136O17P2. The molecule has 556 valence electrons. The Morgan fingerprint density at radius 2 is 0.542 bits per heavy atom. The van der Waals surface area contributed by atoms with Gasteiger partial charge in [-0.1, -0.05) is 241 Å². The summed E-state index contributed by atoms with van der Waals surface area (Å²) in [6, 6.07) is 0. The Morgan fingerprint density at radius 3 is 0.844 bits per heavy atom. The van der Waals surface area contributed by atoms with Crippen LogP contribution in [-0.2, 0) is 65.4 Å². The number of ether oxygens (including phenoxy) is 4. The van der Waals surface area contributed by atoms with E-state index in [1.54, 1.807) is 0 Å². The van der Waals surface area contributed by atoms with E-state index in [1.165, 1.54) is 77.0 Å². The van der Waals surface area contributed by atoms with Crippen LogP contribution in [-0.4, -0.2) is 96.7 Å². The van der Waals surface area contributed by atoms with Crippen LogP contribution >= 0.6 is 15.6 Å². The van der Waals surface area contributed by atoms with Crippen molar-refractivity contribution in [3.8, 4) is 0 Å². The van der Waals surface area contributed by atoms with Gasteiger partial charge in [-0.05, 0) is 141 Å². The van der Waals surface area contributed by atoms with Crippen LogP contribution in [0.5, 0.6) is 0 Å². The molecule has 17 nitrogen and oxygen atoms in total. The number of hydrogen-bond donors (Lipinski definition) is 3. The third kappa shape index (κ3) is 68.8. The molecule has 19 heteroatoms. The van der Waals surface area contributed by atoms with Gasteiger partial charge in [-0.25, -0.2) is 9.13 Å². The summed E-state index contributed by atoms with van der Waals surface area (Å²) in [7, 11) is -9.95. The first-order valence-electron chi connectivity index (χ1n) is 37.8. The minimum Gasteiger partial charge on any atom is -0.462 e. The smallest absolute Gasteiger partial charge is 0.462 e. The molecule has 5 unspecified atom stereocenters. The lowest BCUT2D eigenvalue weighted by molar-refractivity contribution is -0.161. The molecule has 0 aromatic carbocycles. The maximum Gasteiger partial charge on any atom is 0.472 e. The number of esters is 4. The normalized spacial score (nSPS) is 14.4. The van der Waals surface area contributed by atoms with Crippen molar-refractivity contribution >= 4 is 39.5 Å². The molecule has 0 aromatic rings. The van der Waals surface area contributed by atoms with Crippen LogP contribution in [0.3, 0.4) is 0 Å². The summed E-state index contributed by atoms with van der Waals surface area (Å²) in [6.45, 7) is 4.68. The van der Waals surface area contributed by atoms with E-state index in [0.717, 1.165) is 167 Å². The van der Waals surface area contributed by atoms with Crippen molar-refractivity contribution in [2.75, 3.05) is 39.6 Å². The lowest BCUT2D eigenvalue weighted by Gasteiger charge is -2.21. The topological polar surface area (TPSA) is 237 Å². The fourth-order valence-corrected chi connectivity index (χ4v) is 11.6. The Hall–Kier alpha value is -3.76. The molecule has 0 amide bonds. The zero-order valence-electron chi connectivity index (χ0n) is 60.5. The molecular weight excluding hydrogens is 1260 g/mol. The predicted octanol–water partition coefficient (Wildman–Crippen LogP) is 21.4. The van der Waals surface area contributed by atoms with E-state index in [0.29, 0.717) is 25.7 Å². The quantitative estimate of drug-likeness (QED) is 0.0169. The summed E-state index contributed by atoms with van der Waals surface area (Å²) in [5.74, 6) is -2.21. The van der Waals surface area contributed by atoms with Crippen LogP contribution < -0.4 is 0 Å². The van der Waals surface area contributed by atoms with Gasteiger partial charge in [0.1, 0.15) is 19.3 Å². The molecule has 0 aliphatic heterocycles. The molecule has 3 N–H and O–H groups in total. The zero-order chi connectivity index (χ0) is 70.4. The summed E-state index contributed by atoms with van der Waals surface area (Å²) < 4.78 is 68.4. The Balaban J connectivity index is 5.35. The second-order valence-corrected chi connectivity index (χ2v) is 28.1. The average molecular weight is 1400 g/mol. The van der Waals surface area contributed by atoms with Gasteiger partial charge in [0, 0.05) is 25.7 Å². The fourth-order valence-electron chi connectivity index (χ4n) is 10.0. The molecule has 0 aromatic heterocycles. The van der Waals surface area contributed by atoms with Crippen molar-refractivity contribution in [3.63, 3.8) is 0 Å². The number of aliphatic hydroxyl groups is 1. The molecule has 0 bridgehead atoms. The van der Waals surface area contributed by atoms with E-state index >= 15 is 0 Å². The van der Waals surface area contributed by atoms with Gasteiger partial charge in [0.2, 0.25) is 0 Å². The Bertz CT molecular complexity index is 2160. The second kappa shape index (κ2) is 69.7. The van der Waals surface area contributed by atoms with Crippen molar-refractivity contribution in [2.24, 2.45) is 0 Å². The third-order valence-electron chi connectivity index (χ3n) is 15.8. The largest absolute Gasteiger partial charge is 0.472 e. The fraction of sp³-hybridized carbons (Fsp3) is 0.766. The highest BCUT2D eigenvalue weighted by Gasteiger charge is 2.30. The monoisotopic (exact) mass is 1390 g/mol. The van der Waals surface area contributed by atoms with Crippen molar-refractivity contribution in [1.82, 2.24) is 0 Å². The first-order valence-corrected chi connectivity index (χ1v) is 40.8. The summed E-state index contributed by atoms with van der Waals surface area (Å²) >= 11 is 0. The van der Waals surface area contributed by atoms with Gasteiger partial charge in [0.25, 0.3) is 0 Å². The zero-order valence-corrected chi connectivity index (χ0v) is 62.3. The molecule has 0 aliphatic carbocycles. The molecule has 96 heavy (non-hydrogen) atoms. The van der Waals surface area contributed by atoms with Crippen LogP contribution in [0.25, 0.3) is 0 Å². The van der Waals surface area contributed by atoms with E-state index in [2.05, 4.69) is 113 Å². The average Bonchev–Trinajstić information content (AvgIpc) is 3.12. The molecule has 0 saturated heterocycles. The van der Waals surface area contributed by atoms with Gasteiger partial charge in [0.15, 0.2) is 12.2 Å². The summed E-state index contributed by atoms with van der Waals surface area (Å²) in [5, 5.41) is 10.6. The molecule has 0 radical (unpaired) electrons. The molecule has 0 heterocycles. The maximum absolute atomic E-state index is 13.1. The van der Waals surface area contributed by atoms with Gasteiger partial charge < -0.3 is 33.8 Å². The molecule has 0 saturated carbocycles. The highest BCUT2D eigenvalue weighted by atomic mass is 31.2. The lowest BCUT2D eigenvalue weighted by atomic mass is 10.1. The van der Waals surface area contributed by atoms with Crippen LogP contribution in [0.1, 0.15) is 323 Å². The van der Waals surface area contributed by atoms with Crippen LogP contribution in [0.15, 0.2) is 85.1 Å². The molecule has 0 rings (SSSR count). The minimum absolute atomic E-state index is 0.0799. The van der Waals surface area contributed by atoms with E-state index < -0.39 is 97.5 Å². The molecule has 5 atom stereocenters. The maximum atomic E-state index is 13.1. The SMILES string of the molecule is CC/C=C\C/C=C\C/C=C\C/C=C\CCCCCCC(=O)OCC(COP(=O)(O)OCC(O)COP(=O)(O)OCC(COC(=O)CCCCCCC/C=C\CCCCCC)OC(=O)CCCCCCC/C=C\CCCCCC)OC(=O)CCCCCCC/C=C\CCCCCC. The Morgan fingerprint density at radius 1 is 0.302 bits per heavy atom. The number of carbonyl (C=O) groups is 4. The van der Waals surface area contributed by atoms with Crippen molar-refractivity contribution in [1.29, 1.82) is 0 Å². The summed E-state index contributed by atoms with van der Waals surface area (Å²) in [6.07, 6.45) is 70.0. The number of phosphoric acid groups is 2. The number of allylic oxidation sites excluding steroid dienone is 14. The van der Waals surface area contributed by atoms with Gasteiger partial charge in [-0.15, -0.1) is 0 Å². The first-order chi connectivity index (χ1) is 46.7. The summed E-state index contributed by atoms with van der Waals surface area (Å²) in [4.78, 5) is 72.8. The van der Waals surface area contributed by atoms with Crippen molar-refractivity contribution in [2.45, 2.75) is 341 Å². The van der Waals surface area contributed by atoms with Gasteiger partial charge in [0.05, 0.1) is 26.4 Å². The molecule has 0 aliphatic rings. The van der Waals surface area contributed by atoms with Crippen LogP contribution in [0.4, 0.5) is 0 Å². The third-order valence-corrected chi connectivity index (χ3v) is 17.7. The second-order valence-electron chi connectivity index (χ2n) is 25.2. The number of unbranched alkanes of at least 4 members (excludes halogenated alkanes) is 31. The van der Waals surface area contributed by atoms with Gasteiger partial charge >= 0.3 is 39.5 Å². The Labute approximate surface area is 583 Å². The number of hydrogen-bond acceptors (Lipinski definition) is 15. The van der Waals surface area contributed by atoms with Gasteiger partial charge in [-0.2, -0.15) is 0 Å². The van der Waals surface area contributed by atoms with Crippen LogP contribution in [0.2, 0.25) is 0 Å². The van der Waals surface area contributed by atoms with E-state index in [-0.39, 0.29) is 25.7 Å². The molecule has 0 fully saturated rings. The number of phosphoric ester groups is 2. The minimum atomic E-state index is -4.98. The van der Waals surface area contributed by atoms with Crippen molar-refractivity contribution in [3.05, 3.63) is 85.1 Å². The van der Waals surface area contributed by atoms with Crippen LogP contribution in [0, 0.1) is 0 Å². The highest BCUT2D eigenvalue weighted by molar-refractivity contribution is 7.47. The standard InChI is InChI=1S/C77H136O17P2/c1-5-9-13-17-21-25-29-33-34-35-36-40-42-46-50-54-58-62-75(80)88-68-73(94-77(82)64-60-56-52-48-44-39-32-28-24-20-16-12-8-4)70-92-96(85,86)90-66-71(78)65-89-95(83,84)91-69-72(93-76(81)63-59-55-51-47-43-38-31-27-23-19-15-11-7-3)67-87-74(79)61-57-53-49-45-41-37-30-26-22-18-14-10-6-2/h9,13,21,25-28,30-34,36,40,71-73,78H,5-8,10-12,14-20,22-24,29,35,37-39,41-70H2,1-4H3,(H,83,84)(H,85,86)/b13-9-,25-21-,30-26-,31-27-,32-28-,34-33-,40-36-. The first kappa shape index (κ1) is 92.2. The Kier molecular flexibility index (Phi) is 67.0. The number of carbonyl (C=O) groups excluding carboxylic acids is 4. The number of rotatable bonds is 71.